The van der Waals surface area contributed by atoms with Crippen LogP contribution in [0, 0.1) is 0 Å². The van der Waals surface area contributed by atoms with Crippen molar-refractivity contribution in [2.45, 2.75) is 25.6 Å². The topological polar surface area (TPSA) is 24.1 Å². The average molecular weight is 287 g/mol. The fourth-order valence-corrected chi connectivity index (χ4v) is 2.52. The molecule has 2 rings (SSSR count). The van der Waals surface area contributed by atoms with E-state index in [4.69, 9.17) is 0 Å². The third-order valence-electron chi connectivity index (χ3n) is 2.89. The van der Waals surface area contributed by atoms with Gasteiger partial charge in [-0.25, -0.2) is 4.39 Å². The first-order valence-corrected chi connectivity index (χ1v) is 6.40. The van der Waals surface area contributed by atoms with Gasteiger partial charge >= 0.3 is 0 Å². The first-order valence-electron chi connectivity index (χ1n) is 5.61. The van der Waals surface area contributed by atoms with Crippen LogP contribution in [0.25, 0.3) is 0 Å². The van der Waals surface area contributed by atoms with Crippen molar-refractivity contribution in [1.82, 2.24) is 5.32 Å². The molecule has 0 saturated carbocycles. The van der Waals surface area contributed by atoms with Gasteiger partial charge in [-0.05, 0) is 53.0 Å². The molecule has 1 aliphatic rings. The van der Waals surface area contributed by atoms with Gasteiger partial charge in [-0.2, -0.15) is 0 Å². The van der Waals surface area contributed by atoms with E-state index in [0.29, 0.717) is 11.6 Å². The Morgan fingerprint density at radius 2 is 2.38 bits per heavy atom. The second-order valence-electron chi connectivity index (χ2n) is 4.12. The zero-order valence-electron chi connectivity index (χ0n) is 9.10. The molecule has 88 valence electrons. The molecule has 0 amide bonds. The lowest BCUT2D eigenvalue weighted by Crippen LogP contribution is -2.29. The number of rotatable bonds is 4. The Bertz CT molecular complexity index is 351. The van der Waals surface area contributed by atoms with Gasteiger partial charge in [0.15, 0.2) is 0 Å². The molecule has 0 radical (unpaired) electrons. The summed E-state index contributed by atoms with van der Waals surface area (Å²) in [4.78, 5) is 0. The number of anilines is 1. The summed E-state index contributed by atoms with van der Waals surface area (Å²) in [6.07, 6.45) is 2.49. The van der Waals surface area contributed by atoms with Crippen molar-refractivity contribution in [2.24, 2.45) is 0 Å². The summed E-state index contributed by atoms with van der Waals surface area (Å²) < 4.78 is 13.3. The van der Waals surface area contributed by atoms with Gasteiger partial charge in [-0.15, -0.1) is 0 Å². The number of halogens is 2. The van der Waals surface area contributed by atoms with Gasteiger partial charge in [0.25, 0.3) is 0 Å². The molecule has 1 aromatic rings. The number of alkyl halides is 1. The molecule has 0 bridgehead atoms. The van der Waals surface area contributed by atoms with E-state index in [-0.39, 0.29) is 0 Å². The van der Waals surface area contributed by atoms with E-state index >= 15 is 0 Å². The van der Waals surface area contributed by atoms with Crippen molar-refractivity contribution in [3.8, 4) is 0 Å². The van der Waals surface area contributed by atoms with Crippen LogP contribution in [-0.2, 0) is 6.67 Å². The smallest absolute Gasteiger partial charge is 0.115 e. The fraction of sp³-hybridized carbons (Fsp3) is 0.500. The minimum absolute atomic E-state index is 0.414. The Labute approximate surface area is 104 Å². The second-order valence-corrected chi connectivity index (χ2v) is 4.98. The minimum atomic E-state index is -0.414. The van der Waals surface area contributed by atoms with Gasteiger partial charge in [-0.3, -0.25) is 0 Å². The molecule has 16 heavy (non-hydrogen) atoms. The molecular formula is C12H16BrFN2. The lowest BCUT2D eigenvalue weighted by Gasteiger charge is -2.14. The summed E-state index contributed by atoms with van der Waals surface area (Å²) >= 11 is 3.45. The molecule has 0 aromatic heterocycles. The van der Waals surface area contributed by atoms with Crippen LogP contribution in [0.4, 0.5) is 10.1 Å². The molecule has 2 nitrogen and oxygen atoms in total. The van der Waals surface area contributed by atoms with Crippen molar-refractivity contribution in [1.29, 1.82) is 0 Å². The molecule has 1 saturated heterocycles. The summed E-state index contributed by atoms with van der Waals surface area (Å²) in [7, 11) is 0. The average Bonchev–Trinajstić information content (AvgIpc) is 2.80. The highest BCUT2D eigenvalue weighted by Crippen LogP contribution is 2.24. The molecule has 0 spiro atoms. The quantitative estimate of drug-likeness (QED) is 0.889. The SMILES string of the molecule is FCc1ccc(NCC2CCCN2)c(Br)c1. The maximum atomic E-state index is 12.4. The Hall–Kier alpha value is -0.610. The van der Waals surface area contributed by atoms with Crippen LogP contribution >= 0.6 is 15.9 Å². The molecule has 1 aliphatic heterocycles. The summed E-state index contributed by atoms with van der Waals surface area (Å²) in [5.74, 6) is 0. The van der Waals surface area contributed by atoms with E-state index in [0.717, 1.165) is 23.2 Å². The second kappa shape index (κ2) is 5.64. The lowest BCUT2D eigenvalue weighted by molar-refractivity contribution is 0.485. The van der Waals surface area contributed by atoms with Gasteiger partial charge in [0, 0.05) is 22.7 Å². The zero-order valence-corrected chi connectivity index (χ0v) is 10.7. The van der Waals surface area contributed by atoms with E-state index < -0.39 is 6.67 Å². The number of hydrogen-bond donors (Lipinski definition) is 2. The molecule has 1 unspecified atom stereocenters. The summed E-state index contributed by atoms with van der Waals surface area (Å²) in [6, 6.07) is 6.13. The highest BCUT2D eigenvalue weighted by atomic mass is 79.9. The zero-order chi connectivity index (χ0) is 11.4. The molecule has 2 N–H and O–H groups in total. The highest BCUT2D eigenvalue weighted by molar-refractivity contribution is 9.10. The van der Waals surface area contributed by atoms with E-state index in [9.17, 15) is 4.39 Å². The van der Waals surface area contributed by atoms with Crippen LogP contribution in [0.15, 0.2) is 22.7 Å². The van der Waals surface area contributed by atoms with Gasteiger partial charge in [-0.1, -0.05) is 6.07 Å². The van der Waals surface area contributed by atoms with Crippen LogP contribution in [0.2, 0.25) is 0 Å². The van der Waals surface area contributed by atoms with Crippen LogP contribution < -0.4 is 10.6 Å². The third kappa shape index (κ3) is 2.95. The maximum absolute atomic E-state index is 12.4. The van der Waals surface area contributed by atoms with E-state index in [1.807, 2.05) is 18.2 Å². The van der Waals surface area contributed by atoms with Crippen molar-refractivity contribution in [2.75, 3.05) is 18.4 Å². The predicted molar refractivity (Wildman–Crippen MR) is 68.5 cm³/mol. The monoisotopic (exact) mass is 286 g/mol. The van der Waals surface area contributed by atoms with Crippen molar-refractivity contribution < 1.29 is 4.39 Å². The van der Waals surface area contributed by atoms with Crippen molar-refractivity contribution >= 4 is 21.6 Å². The Morgan fingerprint density at radius 1 is 1.50 bits per heavy atom. The molecule has 1 fully saturated rings. The van der Waals surface area contributed by atoms with Crippen LogP contribution in [0.3, 0.4) is 0 Å². The number of hydrogen-bond acceptors (Lipinski definition) is 2. The van der Waals surface area contributed by atoms with Gasteiger partial charge in [0.2, 0.25) is 0 Å². The van der Waals surface area contributed by atoms with Crippen LogP contribution in [0.5, 0.6) is 0 Å². The Balaban J connectivity index is 1.93. The summed E-state index contributed by atoms with van der Waals surface area (Å²) in [5, 5.41) is 6.81. The normalized spacial score (nSPS) is 20.0. The van der Waals surface area contributed by atoms with E-state index in [2.05, 4.69) is 26.6 Å². The Kier molecular flexibility index (Phi) is 4.18. The van der Waals surface area contributed by atoms with Gasteiger partial charge in [0.1, 0.15) is 6.67 Å². The molecule has 1 atom stereocenters. The van der Waals surface area contributed by atoms with E-state index in [1.165, 1.54) is 12.8 Å². The largest absolute Gasteiger partial charge is 0.383 e. The van der Waals surface area contributed by atoms with E-state index in [1.54, 1.807) is 0 Å². The lowest BCUT2D eigenvalue weighted by atomic mass is 10.2. The maximum Gasteiger partial charge on any atom is 0.115 e. The minimum Gasteiger partial charge on any atom is -0.383 e. The van der Waals surface area contributed by atoms with Crippen LogP contribution in [-0.4, -0.2) is 19.1 Å². The summed E-state index contributed by atoms with van der Waals surface area (Å²) in [5.41, 5.74) is 1.74. The van der Waals surface area contributed by atoms with Crippen molar-refractivity contribution in [3.63, 3.8) is 0 Å². The predicted octanol–water partition coefficient (Wildman–Crippen LogP) is 3.08. The van der Waals surface area contributed by atoms with Crippen LogP contribution in [0.1, 0.15) is 18.4 Å². The molecule has 1 aromatic carbocycles. The third-order valence-corrected chi connectivity index (χ3v) is 3.55. The first kappa shape index (κ1) is 11.9. The molecule has 4 heteroatoms. The standard InChI is InChI=1S/C12H16BrFN2/c13-11-6-9(7-14)3-4-12(11)16-8-10-2-1-5-15-10/h3-4,6,10,15-16H,1-2,5,7-8H2. The van der Waals surface area contributed by atoms with Gasteiger partial charge in [0.05, 0.1) is 0 Å². The Morgan fingerprint density at radius 3 is 3.00 bits per heavy atom. The molecule has 1 heterocycles. The highest BCUT2D eigenvalue weighted by Gasteiger charge is 2.13. The summed E-state index contributed by atoms with van der Waals surface area (Å²) in [6.45, 7) is 1.63. The number of nitrogens with one attached hydrogen (secondary N) is 2. The first-order chi connectivity index (χ1) is 7.79. The van der Waals surface area contributed by atoms with Gasteiger partial charge < -0.3 is 10.6 Å². The van der Waals surface area contributed by atoms with Crippen molar-refractivity contribution in [3.05, 3.63) is 28.2 Å². The molecular weight excluding hydrogens is 271 g/mol. The number of benzene rings is 1. The molecule has 0 aliphatic carbocycles. The fourth-order valence-electron chi connectivity index (χ4n) is 1.95.